The summed E-state index contributed by atoms with van der Waals surface area (Å²) in [5.74, 6) is 1.28. The third-order valence-electron chi connectivity index (χ3n) is 7.56. The van der Waals surface area contributed by atoms with Crippen molar-refractivity contribution in [2.24, 2.45) is 5.92 Å². The van der Waals surface area contributed by atoms with Gasteiger partial charge in [0.2, 0.25) is 6.41 Å². The zero-order chi connectivity index (χ0) is 28.7. The number of carbonyl (C=O) groups is 1. The lowest BCUT2D eigenvalue weighted by molar-refractivity contribution is -0.109. The smallest absolute Gasteiger partial charge is 0.207 e. The normalized spacial score (nSPS) is 18.1. The first-order valence-corrected chi connectivity index (χ1v) is 14.8. The lowest BCUT2D eigenvalue weighted by Gasteiger charge is -2.30. The molecule has 2 aromatic carbocycles. The van der Waals surface area contributed by atoms with E-state index in [1.54, 1.807) is 6.08 Å². The Morgan fingerprint density at radius 1 is 0.975 bits per heavy atom. The molecule has 0 radical (unpaired) electrons. The van der Waals surface area contributed by atoms with Crippen molar-refractivity contribution in [1.82, 2.24) is 10.2 Å². The maximum absolute atomic E-state index is 13.8. The minimum Gasteiger partial charge on any atom is -0.494 e. The first-order chi connectivity index (χ1) is 19.4. The molecule has 1 atom stereocenters. The number of benzene rings is 2. The fourth-order valence-corrected chi connectivity index (χ4v) is 5.74. The van der Waals surface area contributed by atoms with E-state index in [0.717, 1.165) is 47.6 Å². The molecule has 2 fully saturated rings. The predicted molar refractivity (Wildman–Crippen MR) is 158 cm³/mol. The van der Waals surface area contributed by atoms with Crippen molar-refractivity contribution in [2.75, 3.05) is 32.8 Å². The largest absolute Gasteiger partial charge is 0.494 e. The van der Waals surface area contributed by atoms with Crippen molar-refractivity contribution in [3.63, 3.8) is 0 Å². The highest BCUT2D eigenvalue weighted by molar-refractivity contribution is 5.54. The third kappa shape index (κ3) is 10.6. The van der Waals surface area contributed by atoms with Crippen LogP contribution >= 0.6 is 0 Å². The molecule has 2 aromatic rings. The number of nitrogens with zero attached hydrogens (tertiary/aromatic N) is 1. The van der Waals surface area contributed by atoms with E-state index in [4.69, 9.17) is 9.47 Å². The van der Waals surface area contributed by atoms with Gasteiger partial charge < -0.3 is 14.8 Å². The second-order valence-electron chi connectivity index (χ2n) is 10.8. The average molecular weight is 557 g/mol. The molecule has 7 heteroatoms. The maximum atomic E-state index is 13.8. The van der Waals surface area contributed by atoms with E-state index in [0.29, 0.717) is 31.2 Å². The van der Waals surface area contributed by atoms with Gasteiger partial charge in [-0.2, -0.15) is 0 Å². The summed E-state index contributed by atoms with van der Waals surface area (Å²) in [6, 6.07) is 9.94. The number of halogens is 2. The SMILES string of the molecule is CCOc1cc(C/C(C)=C/c2ccc(F)cc2F)cc(OCC)c1.O=CNCC1CCCN1CC1CCCCC1. The fraction of sp³-hybridized carbons (Fsp3) is 0.545. The molecule has 5 nitrogen and oxygen atoms in total. The Labute approximate surface area is 238 Å². The molecule has 2 aliphatic rings. The van der Waals surface area contributed by atoms with E-state index >= 15 is 0 Å². The standard InChI is InChI=1S/C20H22F2O2.C13H24N2O/c1-4-23-18-10-15(11-19(13-18)24-5-2)8-14(3)9-16-6-7-17(21)12-20(16)22;16-11-14-9-13-7-4-8-15(13)10-12-5-2-1-3-6-12/h6-7,9-13H,4-5,8H2,1-3H3;11-13H,1-10H2,(H,14,16)/b14-9+;. The lowest BCUT2D eigenvalue weighted by atomic mass is 9.89. The van der Waals surface area contributed by atoms with Gasteiger partial charge in [-0.1, -0.05) is 30.9 Å². The van der Waals surface area contributed by atoms with E-state index in [-0.39, 0.29) is 0 Å². The summed E-state index contributed by atoms with van der Waals surface area (Å²) >= 11 is 0. The summed E-state index contributed by atoms with van der Waals surface area (Å²) in [6.45, 7) is 10.3. The molecule has 220 valence electrons. The second-order valence-corrected chi connectivity index (χ2v) is 10.8. The van der Waals surface area contributed by atoms with Crippen LogP contribution in [0.25, 0.3) is 6.08 Å². The van der Waals surface area contributed by atoms with Gasteiger partial charge in [-0.25, -0.2) is 8.78 Å². The van der Waals surface area contributed by atoms with Crippen molar-refractivity contribution in [3.8, 4) is 11.5 Å². The van der Waals surface area contributed by atoms with Crippen LogP contribution in [0.2, 0.25) is 0 Å². The molecule has 1 amide bonds. The molecule has 1 saturated heterocycles. The second kappa shape index (κ2) is 17.0. The molecule has 1 saturated carbocycles. The molecule has 40 heavy (non-hydrogen) atoms. The minimum absolute atomic E-state index is 0.375. The average Bonchev–Trinajstić information content (AvgIpc) is 3.37. The number of rotatable bonds is 12. The monoisotopic (exact) mass is 556 g/mol. The van der Waals surface area contributed by atoms with E-state index in [2.05, 4.69) is 10.2 Å². The first kappa shape index (κ1) is 31.6. The van der Waals surface area contributed by atoms with Crippen molar-refractivity contribution in [2.45, 2.75) is 78.2 Å². The number of carbonyl (C=O) groups excluding carboxylic acids is 1. The minimum atomic E-state index is -0.576. The van der Waals surface area contributed by atoms with Gasteiger partial charge in [0.1, 0.15) is 23.1 Å². The number of amides is 1. The van der Waals surface area contributed by atoms with Gasteiger partial charge in [0.05, 0.1) is 13.2 Å². The highest BCUT2D eigenvalue weighted by Gasteiger charge is 2.27. The summed E-state index contributed by atoms with van der Waals surface area (Å²) in [5, 5.41) is 2.84. The Balaban J connectivity index is 0.000000238. The maximum Gasteiger partial charge on any atom is 0.207 e. The van der Waals surface area contributed by atoms with E-state index in [9.17, 15) is 13.6 Å². The van der Waals surface area contributed by atoms with E-state index in [1.165, 1.54) is 70.2 Å². The molecular weight excluding hydrogens is 510 g/mol. The summed E-state index contributed by atoms with van der Waals surface area (Å²) in [6.07, 6.45) is 12.9. The van der Waals surface area contributed by atoms with Crippen LogP contribution < -0.4 is 14.8 Å². The molecule has 1 N–H and O–H groups in total. The molecular formula is C33H46F2N2O3. The van der Waals surface area contributed by atoms with Gasteiger partial charge in [-0.3, -0.25) is 9.69 Å². The Morgan fingerprint density at radius 2 is 1.68 bits per heavy atom. The number of allylic oxidation sites excluding steroid dienone is 1. The Morgan fingerprint density at radius 3 is 2.30 bits per heavy atom. The van der Waals surface area contributed by atoms with Gasteiger partial charge in [-0.15, -0.1) is 0 Å². The Kier molecular flexibility index (Phi) is 13.4. The number of hydrogen-bond donors (Lipinski definition) is 1. The number of ether oxygens (including phenoxy) is 2. The van der Waals surface area contributed by atoms with Gasteiger partial charge in [0.15, 0.2) is 0 Å². The summed E-state index contributed by atoms with van der Waals surface area (Å²) < 4.78 is 37.9. The van der Waals surface area contributed by atoms with Crippen molar-refractivity contribution < 1.29 is 23.0 Å². The fourth-order valence-electron chi connectivity index (χ4n) is 5.74. The zero-order valence-electron chi connectivity index (χ0n) is 24.4. The van der Waals surface area contributed by atoms with Crippen molar-refractivity contribution in [3.05, 3.63) is 64.7 Å². The quantitative estimate of drug-likeness (QED) is 0.281. The number of hydrogen-bond acceptors (Lipinski definition) is 4. The van der Waals surface area contributed by atoms with Gasteiger partial charge in [0.25, 0.3) is 0 Å². The molecule has 0 spiro atoms. The lowest BCUT2D eigenvalue weighted by Crippen LogP contribution is -2.40. The Bertz CT molecular complexity index is 1060. The van der Waals surface area contributed by atoms with Gasteiger partial charge in [0, 0.05) is 36.8 Å². The number of likely N-dealkylation sites (tertiary alicyclic amines) is 1. The van der Waals surface area contributed by atoms with Crippen LogP contribution in [0.3, 0.4) is 0 Å². The van der Waals surface area contributed by atoms with Crippen LogP contribution in [-0.2, 0) is 11.2 Å². The van der Waals surface area contributed by atoms with Gasteiger partial charge in [-0.05, 0) is 95.2 Å². The predicted octanol–water partition coefficient (Wildman–Crippen LogP) is 7.19. The zero-order valence-corrected chi connectivity index (χ0v) is 24.4. The summed E-state index contributed by atoms with van der Waals surface area (Å²) in [4.78, 5) is 12.9. The third-order valence-corrected chi connectivity index (χ3v) is 7.56. The molecule has 0 bridgehead atoms. The molecule has 1 heterocycles. The van der Waals surface area contributed by atoms with Crippen LogP contribution in [0.5, 0.6) is 11.5 Å². The molecule has 1 aliphatic carbocycles. The van der Waals surface area contributed by atoms with E-state index < -0.39 is 11.6 Å². The van der Waals surface area contributed by atoms with Crippen LogP contribution in [0, 0.1) is 17.6 Å². The first-order valence-electron chi connectivity index (χ1n) is 14.8. The Hall–Kier alpha value is -2.93. The van der Waals surface area contributed by atoms with Crippen LogP contribution in [0.4, 0.5) is 8.78 Å². The highest BCUT2D eigenvalue weighted by atomic mass is 19.1. The molecule has 1 aliphatic heterocycles. The summed E-state index contributed by atoms with van der Waals surface area (Å²) in [5.41, 5.74) is 2.34. The van der Waals surface area contributed by atoms with Crippen LogP contribution in [0.15, 0.2) is 42.0 Å². The summed E-state index contributed by atoms with van der Waals surface area (Å²) in [7, 11) is 0. The van der Waals surface area contributed by atoms with E-state index in [1.807, 2.05) is 39.0 Å². The van der Waals surface area contributed by atoms with Crippen LogP contribution in [0.1, 0.15) is 76.8 Å². The van der Waals surface area contributed by atoms with Crippen molar-refractivity contribution in [1.29, 1.82) is 0 Å². The molecule has 0 aromatic heterocycles. The van der Waals surface area contributed by atoms with Crippen molar-refractivity contribution >= 4 is 12.5 Å². The molecule has 4 rings (SSSR count). The highest BCUT2D eigenvalue weighted by Crippen LogP contribution is 2.28. The number of nitrogens with one attached hydrogen (secondary N) is 1. The topological polar surface area (TPSA) is 50.8 Å². The molecule has 1 unspecified atom stereocenters. The van der Waals surface area contributed by atoms with Gasteiger partial charge >= 0.3 is 0 Å². The van der Waals surface area contributed by atoms with Crippen LogP contribution in [-0.4, -0.2) is 50.2 Å².